The molecule has 4 atom stereocenters. The zero-order valence-corrected chi connectivity index (χ0v) is 18.5. The van der Waals surface area contributed by atoms with Crippen LogP contribution < -0.4 is 9.47 Å². The summed E-state index contributed by atoms with van der Waals surface area (Å²) in [5, 5.41) is 0. The van der Waals surface area contributed by atoms with E-state index in [9.17, 15) is 18.0 Å². The van der Waals surface area contributed by atoms with Gasteiger partial charge in [0.15, 0.2) is 11.6 Å². The van der Waals surface area contributed by atoms with Crippen LogP contribution in [0.4, 0.5) is 13.2 Å². The summed E-state index contributed by atoms with van der Waals surface area (Å²) in [6.45, 7) is 0.915. The first-order valence-electron chi connectivity index (χ1n) is 12.0. The molecular weight excluding hydrogens is 417 g/mol. The molecule has 3 aliphatic rings. The van der Waals surface area contributed by atoms with Crippen molar-refractivity contribution in [1.82, 2.24) is 0 Å². The van der Waals surface area contributed by atoms with Crippen molar-refractivity contribution in [3.8, 4) is 11.5 Å². The van der Waals surface area contributed by atoms with Crippen LogP contribution in [-0.2, 0) is 4.79 Å². The van der Waals surface area contributed by atoms with Crippen molar-refractivity contribution in [2.24, 2.45) is 35.5 Å². The number of benzene rings is 1. The van der Waals surface area contributed by atoms with Crippen LogP contribution in [-0.4, -0.2) is 12.6 Å². The standard InChI is InChI=1S/C26H33F3O3/c1-2-16-6-8-17(9-7-16)18-10-12-21-19(14-18)4-3-5-22(21)25(30)32-24-13-11-20(15-23(24)27)31-26(28)29/h2,11,13,15-19,21-22,26H,1,3-10,12,14H2. The van der Waals surface area contributed by atoms with Crippen LogP contribution in [0.2, 0.25) is 0 Å². The molecule has 4 unspecified atom stereocenters. The van der Waals surface area contributed by atoms with E-state index in [2.05, 4.69) is 17.4 Å². The molecule has 4 rings (SSSR count). The Kier molecular flexibility index (Phi) is 7.47. The zero-order chi connectivity index (χ0) is 22.7. The van der Waals surface area contributed by atoms with Crippen LogP contribution in [0.5, 0.6) is 11.5 Å². The van der Waals surface area contributed by atoms with Crippen molar-refractivity contribution in [1.29, 1.82) is 0 Å². The van der Waals surface area contributed by atoms with Gasteiger partial charge in [-0.15, -0.1) is 6.58 Å². The van der Waals surface area contributed by atoms with Crippen molar-refractivity contribution in [3.63, 3.8) is 0 Å². The fraction of sp³-hybridized carbons (Fsp3) is 0.654. The Morgan fingerprint density at radius 3 is 2.44 bits per heavy atom. The molecule has 6 heteroatoms. The smallest absolute Gasteiger partial charge is 0.387 e. The van der Waals surface area contributed by atoms with E-state index in [-0.39, 0.29) is 17.4 Å². The molecule has 3 fully saturated rings. The van der Waals surface area contributed by atoms with Gasteiger partial charge in [-0.05, 0) is 93.1 Å². The van der Waals surface area contributed by atoms with Crippen molar-refractivity contribution in [3.05, 3.63) is 36.7 Å². The molecule has 3 saturated carbocycles. The maximum Gasteiger partial charge on any atom is 0.387 e. The lowest BCUT2D eigenvalue weighted by Crippen LogP contribution is -2.40. The number of carbonyl (C=O) groups excluding carboxylic acids is 1. The van der Waals surface area contributed by atoms with Gasteiger partial charge in [-0.25, -0.2) is 4.39 Å². The van der Waals surface area contributed by atoms with Crippen LogP contribution in [0.1, 0.15) is 64.2 Å². The number of halogens is 3. The lowest BCUT2D eigenvalue weighted by molar-refractivity contribution is -0.144. The number of alkyl halides is 2. The molecule has 0 heterocycles. The topological polar surface area (TPSA) is 35.5 Å². The highest BCUT2D eigenvalue weighted by Gasteiger charge is 2.43. The Morgan fingerprint density at radius 2 is 1.75 bits per heavy atom. The summed E-state index contributed by atoms with van der Waals surface area (Å²) >= 11 is 0. The van der Waals surface area contributed by atoms with E-state index in [0.29, 0.717) is 17.8 Å². The molecule has 3 aliphatic carbocycles. The maximum absolute atomic E-state index is 14.3. The molecular formula is C26H33F3O3. The number of hydrogen-bond donors (Lipinski definition) is 0. The van der Waals surface area contributed by atoms with Crippen molar-refractivity contribution < 1.29 is 27.4 Å². The molecule has 0 saturated heterocycles. The summed E-state index contributed by atoms with van der Waals surface area (Å²) in [6.07, 6.45) is 13.5. The second-order valence-corrected chi connectivity index (χ2v) is 9.84. The number of ether oxygens (including phenoxy) is 2. The van der Waals surface area contributed by atoms with E-state index in [1.165, 1.54) is 44.2 Å². The molecule has 1 aromatic carbocycles. The van der Waals surface area contributed by atoms with Gasteiger partial charge < -0.3 is 9.47 Å². The third-order valence-electron chi connectivity index (χ3n) is 8.15. The largest absolute Gasteiger partial charge is 0.435 e. The Balaban J connectivity index is 1.35. The Hall–Kier alpha value is -1.98. The van der Waals surface area contributed by atoms with Gasteiger partial charge in [0.2, 0.25) is 0 Å². The van der Waals surface area contributed by atoms with Crippen molar-refractivity contribution >= 4 is 5.97 Å². The van der Waals surface area contributed by atoms with Crippen LogP contribution in [0, 0.1) is 41.3 Å². The van der Waals surface area contributed by atoms with Crippen molar-refractivity contribution in [2.45, 2.75) is 70.8 Å². The van der Waals surface area contributed by atoms with Gasteiger partial charge in [0.05, 0.1) is 5.92 Å². The Morgan fingerprint density at radius 1 is 1.00 bits per heavy atom. The number of allylic oxidation sites excluding steroid dienone is 1. The van der Waals surface area contributed by atoms with Gasteiger partial charge in [-0.2, -0.15) is 8.78 Å². The maximum atomic E-state index is 14.3. The number of fused-ring (bicyclic) bond motifs is 1. The van der Waals surface area contributed by atoms with E-state index in [0.717, 1.165) is 50.0 Å². The lowest BCUT2D eigenvalue weighted by atomic mass is 9.59. The minimum atomic E-state index is -3.03. The van der Waals surface area contributed by atoms with Crippen LogP contribution >= 0.6 is 0 Å². The zero-order valence-electron chi connectivity index (χ0n) is 18.5. The molecule has 0 bridgehead atoms. The highest BCUT2D eigenvalue weighted by molar-refractivity contribution is 5.75. The van der Waals surface area contributed by atoms with Gasteiger partial charge in [-0.3, -0.25) is 4.79 Å². The number of hydrogen-bond acceptors (Lipinski definition) is 3. The minimum Gasteiger partial charge on any atom is -0.435 e. The fourth-order valence-electron chi connectivity index (χ4n) is 6.50. The Bertz CT molecular complexity index is 804. The molecule has 0 aromatic heterocycles. The predicted molar refractivity (Wildman–Crippen MR) is 116 cm³/mol. The van der Waals surface area contributed by atoms with E-state index < -0.39 is 18.4 Å². The lowest BCUT2D eigenvalue weighted by Gasteiger charge is -2.45. The number of esters is 1. The van der Waals surface area contributed by atoms with Gasteiger partial charge in [0.1, 0.15) is 5.75 Å². The SMILES string of the molecule is C=CC1CCC(C2CCC3C(CCCC3C(=O)Oc3ccc(OC(F)F)cc3F)C2)CC1. The second kappa shape index (κ2) is 10.3. The molecule has 176 valence electrons. The van der Waals surface area contributed by atoms with Crippen molar-refractivity contribution in [2.75, 3.05) is 0 Å². The Labute approximate surface area is 188 Å². The van der Waals surface area contributed by atoms with Gasteiger partial charge >= 0.3 is 12.6 Å². The van der Waals surface area contributed by atoms with E-state index in [1.807, 2.05) is 0 Å². The fourth-order valence-corrected chi connectivity index (χ4v) is 6.50. The molecule has 1 aromatic rings. The van der Waals surface area contributed by atoms with Crippen LogP contribution in [0.3, 0.4) is 0 Å². The summed E-state index contributed by atoms with van der Waals surface area (Å²) in [6, 6.07) is 3.19. The first-order chi connectivity index (χ1) is 15.4. The average molecular weight is 451 g/mol. The summed E-state index contributed by atoms with van der Waals surface area (Å²) < 4.78 is 48.5. The minimum absolute atomic E-state index is 0.220. The summed E-state index contributed by atoms with van der Waals surface area (Å²) in [5.74, 6) is 1.02. The highest BCUT2D eigenvalue weighted by Crippen LogP contribution is 2.50. The quantitative estimate of drug-likeness (QED) is 0.262. The van der Waals surface area contributed by atoms with Gasteiger partial charge in [0.25, 0.3) is 0 Å². The number of carbonyl (C=O) groups is 1. The average Bonchev–Trinajstić information content (AvgIpc) is 2.79. The van der Waals surface area contributed by atoms with Gasteiger partial charge in [-0.1, -0.05) is 18.9 Å². The molecule has 0 radical (unpaired) electrons. The summed E-state index contributed by atoms with van der Waals surface area (Å²) in [7, 11) is 0. The third-order valence-corrected chi connectivity index (χ3v) is 8.15. The molecule has 0 aliphatic heterocycles. The van der Waals surface area contributed by atoms with E-state index in [4.69, 9.17) is 4.74 Å². The highest BCUT2D eigenvalue weighted by atomic mass is 19.3. The monoisotopic (exact) mass is 450 g/mol. The first-order valence-corrected chi connectivity index (χ1v) is 12.0. The predicted octanol–water partition coefficient (Wildman–Crippen LogP) is 7.16. The summed E-state index contributed by atoms with van der Waals surface area (Å²) in [4.78, 5) is 12.9. The second-order valence-electron chi connectivity index (χ2n) is 9.84. The molecule has 0 N–H and O–H groups in total. The van der Waals surface area contributed by atoms with Crippen LogP contribution in [0.25, 0.3) is 0 Å². The molecule has 0 amide bonds. The van der Waals surface area contributed by atoms with Crippen LogP contribution in [0.15, 0.2) is 30.9 Å². The summed E-state index contributed by atoms with van der Waals surface area (Å²) in [5.41, 5.74) is 0. The molecule has 3 nitrogen and oxygen atoms in total. The van der Waals surface area contributed by atoms with E-state index >= 15 is 0 Å². The third kappa shape index (κ3) is 5.32. The molecule has 0 spiro atoms. The van der Waals surface area contributed by atoms with E-state index in [1.54, 1.807) is 0 Å². The normalized spacial score (nSPS) is 32.8. The molecule has 32 heavy (non-hydrogen) atoms. The number of rotatable bonds is 6. The van der Waals surface area contributed by atoms with Gasteiger partial charge in [0, 0.05) is 6.07 Å². The first kappa shape index (κ1) is 23.2.